The molecule has 134 valence electrons. The molecule has 0 aliphatic rings. The Labute approximate surface area is 160 Å². The van der Waals surface area contributed by atoms with Crippen molar-refractivity contribution in [3.05, 3.63) is 74.4 Å². The molecule has 2 nitrogen and oxygen atoms in total. The molecule has 1 heterocycles. The van der Waals surface area contributed by atoms with E-state index in [9.17, 15) is 18.0 Å². The van der Waals surface area contributed by atoms with Crippen LogP contribution in [0.15, 0.2) is 54.6 Å². The minimum absolute atomic E-state index is 0.0179. The summed E-state index contributed by atoms with van der Waals surface area (Å²) in [6.07, 6.45) is -4.59. The molecule has 0 N–H and O–H groups in total. The highest BCUT2D eigenvalue weighted by atomic mass is 35.5. The van der Waals surface area contributed by atoms with Crippen molar-refractivity contribution in [1.29, 1.82) is 0 Å². The van der Waals surface area contributed by atoms with Crippen molar-refractivity contribution in [2.24, 2.45) is 0 Å². The minimum Gasteiger partial charge on any atom is -0.421 e. The van der Waals surface area contributed by atoms with E-state index in [4.69, 9.17) is 27.9 Å². The molecule has 3 aromatic rings. The minimum atomic E-state index is -4.59. The van der Waals surface area contributed by atoms with E-state index >= 15 is 0 Å². The van der Waals surface area contributed by atoms with E-state index in [0.717, 1.165) is 0 Å². The maximum atomic E-state index is 13.4. The number of ether oxygens (including phenoxy) is 1. The van der Waals surface area contributed by atoms with Gasteiger partial charge >= 0.3 is 12.1 Å². The summed E-state index contributed by atoms with van der Waals surface area (Å²) >= 11 is 12.0. The predicted molar refractivity (Wildman–Crippen MR) is 96.2 cm³/mol. The standard InChI is InChI=1S/C18H9Cl2F3O2S/c19-11-6-7-14(13(20)8-11)25-17(24)15-9-12(10-4-2-1-3-5-10)16(26-15)18(21,22)23/h1-9H. The fourth-order valence-electron chi connectivity index (χ4n) is 2.24. The molecule has 26 heavy (non-hydrogen) atoms. The van der Waals surface area contributed by atoms with Crippen LogP contribution in [-0.4, -0.2) is 5.97 Å². The third-order valence-electron chi connectivity index (χ3n) is 3.37. The number of hydrogen-bond donors (Lipinski definition) is 0. The summed E-state index contributed by atoms with van der Waals surface area (Å²) in [6.45, 7) is 0. The van der Waals surface area contributed by atoms with E-state index in [0.29, 0.717) is 21.9 Å². The number of alkyl halides is 3. The van der Waals surface area contributed by atoms with Crippen molar-refractivity contribution < 1.29 is 22.7 Å². The lowest BCUT2D eigenvalue weighted by molar-refractivity contribution is -0.133. The largest absolute Gasteiger partial charge is 0.426 e. The first-order valence-corrected chi connectivity index (χ1v) is 8.76. The van der Waals surface area contributed by atoms with Crippen LogP contribution in [0, 0.1) is 0 Å². The second kappa shape index (κ2) is 7.31. The lowest BCUT2D eigenvalue weighted by Crippen LogP contribution is -2.07. The number of carbonyl (C=O) groups excluding carboxylic acids is 1. The smallest absolute Gasteiger partial charge is 0.421 e. The highest BCUT2D eigenvalue weighted by molar-refractivity contribution is 7.14. The lowest BCUT2D eigenvalue weighted by Gasteiger charge is -2.07. The zero-order chi connectivity index (χ0) is 18.9. The van der Waals surface area contributed by atoms with Crippen LogP contribution in [0.4, 0.5) is 13.2 Å². The quantitative estimate of drug-likeness (QED) is 0.340. The van der Waals surface area contributed by atoms with E-state index < -0.39 is 17.0 Å². The summed E-state index contributed by atoms with van der Waals surface area (Å²) in [7, 11) is 0. The van der Waals surface area contributed by atoms with E-state index in [-0.39, 0.29) is 21.2 Å². The number of carbonyl (C=O) groups is 1. The normalized spacial score (nSPS) is 11.4. The predicted octanol–water partition coefficient (Wildman–Crippen LogP) is 6.96. The molecule has 0 aliphatic carbocycles. The second-order valence-corrected chi connectivity index (χ2v) is 7.08. The average molecular weight is 417 g/mol. The van der Waals surface area contributed by atoms with E-state index in [1.54, 1.807) is 30.3 Å². The van der Waals surface area contributed by atoms with Crippen molar-refractivity contribution in [3.63, 3.8) is 0 Å². The summed E-state index contributed by atoms with van der Waals surface area (Å²) in [5.74, 6) is -0.906. The van der Waals surface area contributed by atoms with Gasteiger partial charge in [-0.25, -0.2) is 4.79 Å². The van der Waals surface area contributed by atoms with Crippen LogP contribution >= 0.6 is 34.5 Å². The Morgan fingerprint density at radius 1 is 1.00 bits per heavy atom. The van der Waals surface area contributed by atoms with Gasteiger partial charge in [0.25, 0.3) is 0 Å². The van der Waals surface area contributed by atoms with Crippen LogP contribution in [0.1, 0.15) is 14.5 Å². The highest BCUT2D eigenvalue weighted by Crippen LogP contribution is 2.43. The van der Waals surface area contributed by atoms with E-state index in [1.807, 2.05) is 0 Å². The van der Waals surface area contributed by atoms with Gasteiger partial charge in [0.05, 0.1) is 5.02 Å². The zero-order valence-corrected chi connectivity index (χ0v) is 15.1. The molecule has 0 fully saturated rings. The molecule has 2 aromatic carbocycles. The zero-order valence-electron chi connectivity index (χ0n) is 12.8. The number of esters is 1. The van der Waals surface area contributed by atoms with E-state index in [2.05, 4.69) is 0 Å². The van der Waals surface area contributed by atoms with Gasteiger partial charge in [-0.2, -0.15) is 13.2 Å². The third kappa shape index (κ3) is 4.03. The molecule has 0 radical (unpaired) electrons. The molecular formula is C18H9Cl2F3O2S. The number of thiophene rings is 1. The molecule has 8 heteroatoms. The Morgan fingerprint density at radius 3 is 2.31 bits per heavy atom. The van der Waals surface area contributed by atoms with Crippen LogP contribution in [0.25, 0.3) is 11.1 Å². The van der Waals surface area contributed by atoms with Gasteiger partial charge in [-0.15, -0.1) is 11.3 Å². The fourth-order valence-corrected chi connectivity index (χ4v) is 3.61. The Morgan fingerprint density at radius 2 is 1.69 bits per heavy atom. The second-order valence-electron chi connectivity index (χ2n) is 5.18. The molecule has 0 unspecified atom stereocenters. The SMILES string of the molecule is O=C(Oc1ccc(Cl)cc1Cl)c1cc(-c2ccccc2)c(C(F)(F)F)s1. The molecule has 0 saturated carbocycles. The van der Waals surface area contributed by atoms with Gasteiger partial charge < -0.3 is 4.74 Å². The Hall–Kier alpha value is -2.02. The van der Waals surface area contributed by atoms with Gasteiger partial charge in [-0.1, -0.05) is 53.5 Å². The monoisotopic (exact) mass is 416 g/mol. The number of benzene rings is 2. The van der Waals surface area contributed by atoms with Gasteiger partial charge in [-0.3, -0.25) is 0 Å². The fraction of sp³-hybridized carbons (Fsp3) is 0.0556. The van der Waals surface area contributed by atoms with Crippen LogP contribution < -0.4 is 4.74 Å². The molecule has 0 saturated heterocycles. The molecular weight excluding hydrogens is 408 g/mol. The number of halogens is 5. The van der Waals surface area contributed by atoms with Crippen molar-refractivity contribution >= 4 is 40.5 Å². The van der Waals surface area contributed by atoms with Crippen molar-refractivity contribution in [2.75, 3.05) is 0 Å². The number of rotatable bonds is 3. The Balaban J connectivity index is 1.98. The summed E-state index contributed by atoms with van der Waals surface area (Å²) in [5, 5.41) is 0.429. The van der Waals surface area contributed by atoms with Gasteiger partial charge in [0.2, 0.25) is 0 Å². The molecule has 0 atom stereocenters. The average Bonchev–Trinajstić information content (AvgIpc) is 3.04. The molecule has 0 bridgehead atoms. The maximum Gasteiger partial charge on any atom is 0.426 e. The molecule has 3 rings (SSSR count). The van der Waals surface area contributed by atoms with Crippen LogP contribution in [0.3, 0.4) is 0 Å². The highest BCUT2D eigenvalue weighted by Gasteiger charge is 2.37. The topological polar surface area (TPSA) is 26.3 Å². The van der Waals surface area contributed by atoms with Crippen molar-refractivity contribution in [2.45, 2.75) is 6.18 Å². The Bertz CT molecular complexity index is 953. The van der Waals surface area contributed by atoms with Gasteiger partial charge in [-0.05, 0) is 29.8 Å². The first kappa shape index (κ1) is 18.8. The van der Waals surface area contributed by atoms with Gasteiger partial charge in [0, 0.05) is 10.6 Å². The van der Waals surface area contributed by atoms with Crippen molar-refractivity contribution in [3.8, 4) is 16.9 Å². The summed E-state index contributed by atoms with van der Waals surface area (Å²) < 4.78 is 45.2. The van der Waals surface area contributed by atoms with E-state index in [1.165, 1.54) is 24.3 Å². The lowest BCUT2D eigenvalue weighted by atomic mass is 10.1. The van der Waals surface area contributed by atoms with Gasteiger partial charge in [0.15, 0.2) is 0 Å². The molecule has 0 amide bonds. The van der Waals surface area contributed by atoms with Crippen LogP contribution in [-0.2, 0) is 6.18 Å². The molecule has 0 spiro atoms. The maximum absolute atomic E-state index is 13.4. The first-order valence-electron chi connectivity index (χ1n) is 7.19. The summed E-state index contributed by atoms with van der Waals surface area (Å²) in [6, 6.07) is 13.4. The molecule has 0 aliphatic heterocycles. The number of hydrogen-bond acceptors (Lipinski definition) is 3. The van der Waals surface area contributed by atoms with Crippen LogP contribution in [0.2, 0.25) is 10.0 Å². The summed E-state index contributed by atoms with van der Waals surface area (Å²) in [5.41, 5.74) is 0.289. The third-order valence-corrected chi connectivity index (χ3v) is 5.06. The van der Waals surface area contributed by atoms with Crippen LogP contribution in [0.5, 0.6) is 5.75 Å². The van der Waals surface area contributed by atoms with Gasteiger partial charge in [0.1, 0.15) is 15.5 Å². The first-order chi connectivity index (χ1) is 12.3. The van der Waals surface area contributed by atoms with Crippen molar-refractivity contribution in [1.82, 2.24) is 0 Å². The molecule has 1 aromatic heterocycles. The summed E-state index contributed by atoms with van der Waals surface area (Å²) in [4.78, 5) is 11.3. The Kier molecular flexibility index (Phi) is 5.27.